The zero-order valence-corrected chi connectivity index (χ0v) is 19.8. The number of hydrogen-bond donors (Lipinski definition) is 1. The van der Waals surface area contributed by atoms with Gasteiger partial charge in [-0.15, -0.1) is 0 Å². The number of unbranched alkanes of at least 4 members (excludes halogenated alkanes) is 3. The predicted octanol–water partition coefficient (Wildman–Crippen LogP) is 8.64. The number of halogens is 1. The van der Waals surface area contributed by atoms with E-state index in [1.807, 2.05) is 24.3 Å². The summed E-state index contributed by atoms with van der Waals surface area (Å²) in [5.41, 5.74) is 4.67. The first-order chi connectivity index (χ1) is 16.1. The van der Waals surface area contributed by atoms with Gasteiger partial charge in [0.15, 0.2) is 0 Å². The van der Waals surface area contributed by atoms with Crippen molar-refractivity contribution in [3.05, 3.63) is 84.2 Å². The molecule has 0 fully saturated rings. The maximum Gasteiger partial charge on any atom is 0.134 e. The molecule has 0 bridgehead atoms. The first-order valence-corrected chi connectivity index (χ1v) is 12.0. The topological polar surface area (TPSA) is 29.5 Å². The Balaban J connectivity index is 1.48. The van der Waals surface area contributed by atoms with Crippen LogP contribution in [-0.4, -0.2) is 17.8 Å². The largest absolute Gasteiger partial charge is 0.508 e. The summed E-state index contributed by atoms with van der Waals surface area (Å²) in [5, 5.41) is 9.40. The van der Waals surface area contributed by atoms with E-state index in [4.69, 9.17) is 4.74 Å². The minimum Gasteiger partial charge on any atom is -0.508 e. The van der Waals surface area contributed by atoms with Gasteiger partial charge < -0.3 is 9.84 Å². The molecule has 1 unspecified atom stereocenters. The molecule has 0 spiro atoms. The number of benzene rings is 3. The molecule has 0 amide bonds. The lowest BCUT2D eigenvalue weighted by atomic mass is 9.99. The minimum atomic E-state index is -0.423. The third-order valence-corrected chi connectivity index (χ3v) is 5.83. The second-order valence-electron chi connectivity index (χ2n) is 8.59. The van der Waals surface area contributed by atoms with Gasteiger partial charge in [0.05, 0.1) is 6.10 Å². The van der Waals surface area contributed by atoms with Gasteiger partial charge in [-0.1, -0.05) is 80.4 Å². The summed E-state index contributed by atoms with van der Waals surface area (Å²) in [7, 11) is 0. The van der Waals surface area contributed by atoms with Crippen LogP contribution in [-0.2, 0) is 4.74 Å². The molecule has 174 valence electrons. The van der Waals surface area contributed by atoms with Crippen LogP contribution in [0.3, 0.4) is 0 Å². The van der Waals surface area contributed by atoms with Crippen LogP contribution in [0.25, 0.3) is 28.3 Å². The maximum atomic E-state index is 14.1. The van der Waals surface area contributed by atoms with Crippen molar-refractivity contribution in [1.29, 1.82) is 0 Å². The van der Waals surface area contributed by atoms with Gasteiger partial charge in [-0.25, -0.2) is 4.39 Å². The highest BCUT2D eigenvalue weighted by Gasteiger charge is 2.07. The van der Waals surface area contributed by atoms with Crippen LogP contribution >= 0.6 is 0 Å². The molecule has 1 atom stereocenters. The Hall–Kier alpha value is -2.91. The van der Waals surface area contributed by atoms with E-state index in [2.05, 4.69) is 50.3 Å². The Morgan fingerprint density at radius 3 is 2.21 bits per heavy atom. The van der Waals surface area contributed by atoms with E-state index in [0.29, 0.717) is 11.7 Å². The van der Waals surface area contributed by atoms with Crippen LogP contribution in [0, 0.1) is 5.82 Å². The first kappa shape index (κ1) is 24.7. The molecule has 3 heteroatoms. The molecule has 3 aromatic carbocycles. The van der Waals surface area contributed by atoms with Crippen molar-refractivity contribution in [2.24, 2.45) is 0 Å². The number of ether oxygens (including phenoxy) is 1. The normalized spacial score (nSPS) is 12.3. The van der Waals surface area contributed by atoms with E-state index >= 15 is 0 Å². The zero-order valence-electron chi connectivity index (χ0n) is 19.8. The molecule has 1 N–H and O–H groups in total. The molecular weight excluding hydrogens is 411 g/mol. The SMILES string of the molecule is CCCCCOC(C)CCC/C=C/c1ccc(-c2ccc(-c3ccc(O)cc3F)cc2)cc1. The molecule has 0 aliphatic carbocycles. The van der Waals surface area contributed by atoms with E-state index in [-0.39, 0.29) is 5.75 Å². The number of rotatable bonds is 12. The highest BCUT2D eigenvalue weighted by atomic mass is 19.1. The highest BCUT2D eigenvalue weighted by Crippen LogP contribution is 2.28. The standard InChI is InChI=1S/C30H35FO2/c1-3-4-8-21-33-23(2)9-6-5-7-10-24-11-13-25(14-12-24)26-15-17-27(18-16-26)29-20-19-28(32)22-30(29)31/h7,10-20,22-23,32H,3-6,8-9,21H2,1-2H3/b10-7+. The van der Waals surface area contributed by atoms with Gasteiger partial charge in [0.25, 0.3) is 0 Å². The van der Waals surface area contributed by atoms with Crippen molar-refractivity contribution < 1.29 is 14.2 Å². The third kappa shape index (κ3) is 7.87. The Morgan fingerprint density at radius 1 is 0.879 bits per heavy atom. The quantitative estimate of drug-likeness (QED) is 0.282. The summed E-state index contributed by atoms with van der Waals surface area (Å²) in [5.74, 6) is -0.490. The van der Waals surface area contributed by atoms with E-state index < -0.39 is 5.82 Å². The molecule has 0 saturated heterocycles. The van der Waals surface area contributed by atoms with Crippen LogP contribution in [0.2, 0.25) is 0 Å². The van der Waals surface area contributed by atoms with Crippen molar-refractivity contribution in [3.8, 4) is 28.0 Å². The minimum absolute atomic E-state index is 0.0663. The van der Waals surface area contributed by atoms with E-state index in [0.717, 1.165) is 55.0 Å². The molecule has 0 aliphatic heterocycles. The summed E-state index contributed by atoms with van der Waals surface area (Å²) in [6.45, 7) is 5.26. The predicted molar refractivity (Wildman–Crippen MR) is 137 cm³/mol. The fraction of sp³-hybridized carbons (Fsp3) is 0.333. The Kier molecular flexibility index (Phi) is 9.71. The first-order valence-electron chi connectivity index (χ1n) is 12.0. The number of phenolic OH excluding ortho intramolecular Hbond substituents is 1. The smallest absolute Gasteiger partial charge is 0.134 e. The summed E-state index contributed by atoms with van der Waals surface area (Å²) in [6.07, 6.45) is 11.7. The lowest BCUT2D eigenvalue weighted by Gasteiger charge is -2.12. The molecule has 33 heavy (non-hydrogen) atoms. The second-order valence-corrected chi connectivity index (χ2v) is 8.59. The van der Waals surface area contributed by atoms with Crippen LogP contribution in [0.5, 0.6) is 5.75 Å². The summed E-state index contributed by atoms with van der Waals surface area (Å²) in [4.78, 5) is 0. The molecule has 3 aromatic rings. The monoisotopic (exact) mass is 446 g/mol. The van der Waals surface area contributed by atoms with Crippen LogP contribution < -0.4 is 0 Å². The van der Waals surface area contributed by atoms with Gasteiger partial charge in [0.1, 0.15) is 11.6 Å². The number of aromatic hydroxyl groups is 1. The van der Waals surface area contributed by atoms with Crippen LogP contribution in [0.1, 0.15) is 57.9 Å². The number of allylic oxidation sites excluding steroid dienone is 1. The Bertz CT molecular complexity index is 1010. The van der Waals surface area contributed by atoms with E-state index in [1.165, 1.54) is 24.5 Å². The van der Waals surface area contributed by atoms with Gasteiger partial charge in [0.2, 0.25) is 0 Å². The van der Waals surface area contributed by atoms with Gasteiger partial charge in [0, 0.05) is 18.2 Å². The summed E-state index contributed by atoms with van der Waals surface area (Å²) in [6, 6.07) is 20.5. The molecule has 0 radical (unpaired) electrons. The van der Waals surface area contributed by atoms with Crippen molar-refractivity contribution in [2.75, 3.05) is 6.61 Å². The average molecular weight is 447 g/mol. The molecule has 0 aromatic heterocycles. The van der Waals surface area contributed by atoms with Gasteiger partial charge >= 0.3 is 0 Å². The lowest BCUT2D eigenvalue weighted by molar-refractivity contribution is 0.0566. The molecule has 3 rings (SSSR count). The zero-order chi connectivity index (χ0) is 23.5. The number of phenols is 1. The fourth-order valence-corrected chi connectivity index (χ4v) is 3.83. The second kappa shape index (κ2) is 13.0. The van der Waals surface area contributed by atoms with Crippen molar-refractivity contribution >= 4 is 6.08 Å². The van der Waals surface area contributed by atoms with Crippen molar-refractivity contribution in [3.63, 3.8) is 0 Å². The van der Waals surface area contributed by atoms with Crippen molar-refractivity contribution in [2.45, 2.75) is 58.5 Å². The third-order valence-electron chi connectivity index (χ3n) is 5.83. The van der Waals surface area contributed by atoms with Gasteiger partial charge in [-0.2, -0.15) is 0 Å². The Morgan fingerprint density at radius 2 is 1.55 bits per heavy atom. The molecular formula is C30H35FO2. The van der Waals surface area contributed by atoms with Crippen LogP contribution in [0.4, 0.5) is 4.39 Å². The molecule has 0 heterocycles. The molecule has 2 nitrogen and oxygen atoms in total. The van der Waals surface area contributed by atoms with Gasteiger partial charge in [-0.05, 0) is 67.0 Å². The fourth-order valence-electron chi connectivity index (χ4n) is 3.83. The maximum absolute atomic E-state index is 14.1. The number of hydrogen-bond acceptors (Lipinski definition) is 2. The van der Waals surface area contributed by atoms with E-state index in [1.54, 1.807) is 6.07 Å². The summed E-state index contributed by atoms with van der Waals surface area (Å²) >= 11 is 0. The average Bonchev–Trinajstić information content (AvgIpc) is 2.82. The summed E-state index contributed by atoms with van der Waals surface area (Å²) < 4.78 is 20.0. The highest BCUT2D eigenvalue weighted by molar-refractivity contribution is 5.71. The molecule has 0 aliphatic rings. The van der Waals surface area contributed by atoms with E-state index in [9.17, 15) is 9.50 Å². The van der Waals surface area contributed by atoms with Crippen molar-refractivity contribution in [1.82, 2.24) is 0 Å². The lowest BCUT2D eigenvalue weighted by Crippen LogP contribution is -2.08. The molecule has 0 saturated carbocycles. The van der Waals surface area contributed by atoms with Gasteiger partial charge in [-0.3, -0.25) is 0 Å². The Labute approximate surface area is 197 Å². The van der Waals surface area contributed by atoms with Crippen LogP contribution in [0.15, 0.2) is 72.8 Å².